The average molecular weight is 613 g/mol. The summed E-state index contributed by atoms with van der Waals surface area (Å²) in [7, 11) is 0. The van der Waals surface area contributed by atoms with Crippen LogP contribution in [0.2, 0.25) is 0 Å². The third-order valence-corrected chi connectivity index (χ3v) is 8.86. The molecule has 0 unspecified atom stereocenters. The van der Waals surface area contributed by atoms with E-state index in [2.05, 4.69) is 17.2 Å². The Bertz CT molecular complexity index is 1530. The predicted molar refractivity (Wildman–Crippen MR) is 178 cm³/mol. The molecule has 5 rings (SSSR count). The molecule has 0 fully saturated rings. The van der Waals surface area contributed by atoms with Gasteiger partial charge in [-0.15, -0.1) is 5.10 Å². The van der Waals surface area contributed by atoms with E-state index in [0.717, 1.165) is 36.1 Å². The van der Waals surface area contributed by atoms with Crippen LogP contribution >= 0.6 is 0 Å². The number of nitrogens with zero attached hydrogens (tertiary/aromatic N) is 4. The van der Waals surface area contributed by atoms with E-state index in [1.807, 2.05) is 30.3 Å². The lowest BCUT2D eigenvalue weighted by Crippen LogP contribution is -2.32. The molecule has 3 aromatic carbocycles. The molecule has 7 heteroatoms. The van der Waals surface area contributed by atoms with Crippen LogP contribution in [0, 0.1) is 11.6 Å². The predicted octanol–water partition coefficient (Wildman–Crippen LogP) is 10.3. The highest BCUT2D eigenvalue weighted by atomic mass is 19.1. The van der Waals surface area contributed by atoms with E-state index in [1.54, 1.807) is 21.7 Å². The Labute approximate surface area is 266 Å². The molecule has 1 aliphatic rings. The van der Waals surface area contributed by atoms with Crippen LogP contribution in [0.5, 0.6) is 0 Å². The molecule has 5 nitrogen and oxygen atoms in total. The van der Waals surface area contributed by atoms with E-state index in [9.17, 15) is 13.6 Å². The second-order valence-corrected chi connectivity index (χ2v) is 12.4. The van der Waals surface area contributed by atoms with Crippen LogP contribution in [0.25, 0.3) is 22.5 Å². The molecule has 1 aliphatic heterocycles. The minimum absolute atomic E-state index is 0.0970. The van der Waals surface area contributed by atoms with Crippen molar-refractivity contribution in [2.24, 2.45) is 0 Å². The summed E-state index contributed by atoms with van der Waals surface area (Å²) in [6.07, 6.45) is 16.3. The SMILES string of the molecule is CCCCCCCCCCCCCCCC(=O)N1Cc2cc(F)ccc2-c2c(nnn2Cc2ccccc2)-c2ccc(F)cc21. The van der Waals surface area contributed by atoms with Crippen LogP contribution in [-0.2, 0) is 17.9 Å². The maximum Gasteiger partial charge on any atom is 0.227 e. The molecule has 0 atom stereocenters. The van der Waals surface area contributed by atoms with Crippen LogP contribution < -0.4 is 4.90 Å². The van der Waals surface area contributed by atoms with Gasteiger partial charge in [0.15, 0.2) is 0 Å². The van der Waals surface area contributed by atoms with Crippen LogP contribution in [0.15, 0.2) is 66.7 Å². The van der Waals surface area contributed by atoms with E-state index >= 15 is 0 Å². The van der Waals surface area contributed by atoms with Crippen molar-refractivity contribution in [2.45, 2.75) is 110 Å². The normalized spacial score (nSPS) is 12.3. The molecule has 1 aromatic heterocycles. The van der Waals surface area contributed by atoms with Gasteiger partial charge in [-0.05, 0) is 53.9 Å². The van der Waals surface area contributed by atoms with Gasteiger partial charge < -0.3 is 4.90 Å². The zero-order chi connectivity index (χ0) is 31.4. The summed E-state index contributed by atoms with van der Waals surface area (Å²) in [4.78, 5) is 15.4. The van der Waals surface area contributed by atoms with Gasteiger partial charge in [-0.3, -0.25) is 4.79 Å². The van der Waals surface area contributed by atoms with Gasteiger partial charge in [0.25, 0.3) is 0 Å². The molecule has 2 heterocycles. The lowest BCUT2D eigenvalue weighted by Gasteiger charge is -2.29. The first-order chi connectivity index (χ1) is 22.0. The van der Waals surface area contributed by atoms with Crippen molar-refractivity contribution in [3.05, 3.63) is 89.5 Å². The molecule has 0 radical (unpaired) electrons. The molecule has 4 aromatic rings. The molecule has 0 spiro atoms. The van der Waals surface area contributed by atoms with Crippen LogP contribution in [0.4, 0.5) is 14.5 Å². The van der Waals surface area contributed by atoms with Crippen molar-refractivity contribution in [1.29, 1.82) is 0 Å². The van der Waals surface area contributed by atoms with E-state index in [1.165, 1.54) is 88.5 Å². The molecule has 238 valence electrons. The van der Waals surface area contributed by atoms with Gasteiger partial charge in [-0.25, -0.2) is 13.5 Å². The average Bonchev–Trinajstić information content (AvgIpc) is 3.44. The molecule has 0 bridgehead atoms. The minimum Gasteiger partial charge on any atom is -0.307 e. The van der Waals surface area contributed by atoms with Gasteiger partial charge in [-0.2, -0.15) is 0 Å². The largest absolute Gasteiger partial charge is 0.307 e. The lowest BCUT2D eigenvalue weighted by atomic mass is 9.95. The first-order valence-electron chi connectivity index (χ1n) is 16.9. The summed E-state index contributed by atoms with van der Waals surface area (Å²) >= 11 is 0. The van der Waals surface area contributed by atoms with Gasteiger partial charge in [0.05, 0.1) is 24.5 Å². The fourth-order valence-electron chi connectivity index (χ4n) is 6.39. The van der Waals surface area contributed by atoms with Crippen LogP contribution in [0.1, 0.15) is 108 Å². The van der Waals surface area contributed by atoms with Crippen molar-refractivity contribution in [3.8, 4) is 22.5 Å². The maximum absolute atomic E-state index is 14.7. The molecule has 0 aliphatic carbocycles. The first kappa shape index (κ1) is 32.5. The Balaban J connectivity index is 1.27. The van der Waals surface area contributed by atoms with Gasteiger partial charge in [0.2, 0.25) is 5.91 Å². The fraction of sp³-hybridized carbons (Fsp3) is 0.447. The number of aromatic nitrogens is 3. The Morgan fingerprint density at radius 2 is 1.33 bits per heavy atom. The minimum atomic E-state index is -0.439. The molecule has 1 amide bonds. The molecule has 45 heavy (non-hydrogen) atoms. The number of benzene rings is 3. The quantitative estimate of drug-likeness (QED) is 0.118. The van der Waals surface area contributed by atoms with Crippen molar-refractivity contribution < 1.29 is 13.6 Å². The van der Waals surface area contributed by atoms with Crippen molar-refractivity contribution in [3.63, 3.8) is 0 Å². The standard InChI is InChI=1S/C38H46F2N4O/c1-2-3-4-5-6-7-8-9-10-11-12-13-17-20-36(45)43-28-30-25-31(39)21-23-33(30)38-37(34-24-22-32(40)26-35(34)43)41-42-44(38)27-29-18-15-14-16-19-29/h14-16,18-19,21-26H,2-13,17,20,27-28H2,1H3. The second kappa shape index (κ2) is 16.4. The van der Waals surface area contributed by atoms with Crippen LogP contribution in [-0.4, -0.2) is 20.9 Å². The zero-order valence-electron chi connectivity index (χ0n) is 26.6. The first-order valence-corrected chi connectivity index (χ1v) is 16.9. The summed E-state index contributed by atoms with van der Waals surface area (Å²) in [5, 5.41) is 9.02. The number of hydrogen-bond donors (Lipinski definition) is 0. The lowest BCUT2D eigenvalue weighted by molar-refractivity contribution is -0.118. The van der Waals surface area contributed by atoms with Gasteiger partial charge in [0, 0.05) is 17.5 Å². The number of carbonyl (C=O) groups is 1. The number of halogens is 2. The smallest absolute Gasteiger partial charge is 0.227 e. The summed E-state index contributed by atoms with van der Waals surface area (Å²) in [5.74, 6) is -0.924. The zero-order valence-corrected chi connectivity index (χ0v) is 26.6. The highest BCUT2D eigenvalue weighted by Crippen LogP contribution is 2.42. The van der Waals surface area contributed by atoms with E-state index in [4.69, 9.17) is 0 Å². The maximum atomic E-state index is 14.7. The second-order valence-electron chi connectivity index (χ2n) is 12.4. The number of amides is 1. The van der Waals surface area contributed by atoms with Crippen molar-refractivity contribution >= 4 is 11.6 Å². The number of unbranched alkanes of at least 4 members (excludes halogenated alkanes) is 12. The summed E-state index contributed by atoms with van der Waals surface area (Å²) < 4.78 is 31.2. The number of rotatable bonds is 16. The van der Waals surface area contributed by atoms with E-state index < -0.39 is 5.82 Å². The highest BCUT2D eigenvalue weighted by molar-refractivity contribution is 6.00. The van der Waals surface area contributed by atoms with E-state index in [0.29, 0.717) is 35.5 Å². The summed E-state index contributed by atoms with van der Waals surface area (Å²) in [5.41, 5.74) is 4.81. The van der Waals surface area contributed by atoms with Gasteiger partial charge in [-0.1, -0.05) is 120 Å². The topological polar surface area (TPSA) is 51.0 Å². The Morgan fingerprint density at radius 3 is 2.00 bits per heavy atom. The third-order valence-electron chi connectivity index (χ3n) is 8.86. The molecular weight excluding hydrogens is 566 g/mol. The van der Waals surface area contributed by atoms with Gasteiger partial charge in [0.1, 0.15) is 17.3 Å². The van der Waals surface area contributed by atoms with Crippen LogP contribution in [0.3, 0.4) is 0 Å². The molecule has 0 saturated heterocycles. The summed E-state index contributed by atoms with van der Waals surface area (Å²) in [6.45, 7) is 2.86. The summed E-state index contributed by atoms with van der Waals surface area (Å²) in [6, 6.07) is 19.0. The Kier molecular flexibility index (Phi) is 11.9. The number of anilines is 1. The molecule has 0 N–H and O–H groups in total. The van der Waals surface area contributed by atoms with Crippen molar-refractivity contribution in [2.75, 3.05) is 4.90 Å². The molecular formula is C38H46F2N4O. The third kappa shape index (κ3) is 8.65. The number of carbonyl (C=O) groups excluding carboxylic acids is 1. The van der Waals surface area contributed by atoms with Gasteiger partial charge >= 0.3 is 0 Å². The molecule has 0 saturated carbocycles. The number of hydrogen-bond acceptors (Lipinski definition) is 3. The monoisotopic (exact) mass is 612 g/mol. The van der Waals surface area contributed by atoms with E-state index in [-0.39, 0.29) is 18.3 Å². The Hall–Kier alpha value is -3.87. The highest BCUT2D eigenvalue weighted by Gasteiger charge is 2.30. The number of fused-ring (bicyclic) bond motifs is 5. The fourth-order valence-corrected chi connectivity index (χ4v) is 6.39. The Morgan fingerprint density at radius 1 is 0.733 bits per heavy atom. The van der Waals surface area contributed by atoms with Crippen molar-refractivity contribution in [1.82, 2.24) is 15.0 Å².